The largest absolute Gasteiger partial charge is 0.337 e. The molecule has 0 spiro atoms. The first-order chi connectivity index (χ1) is 8.76. The van der Waals surface area contributed by atoms with Crippen LogP contribution >= 0.6 is 0 Å². The van der Waals surface area contributed by atoms with E-state index in [-0.39, 0.29) is 0 Å². The molecular weight excluding hydrogens is 226 g/mol. The number of aromatic nitrogens is 4. The van der Waals surface area contributed by atoms with Gasteiger partial charge in [0.2, 0.25) is 0 Å². The lowest BCUT2D eigenvalue weighted by molar-refractivity contribution is 1.07. The van der Waals surface area contributed by atoms with Gasteiger partial charge in [-0.2, -0.15) is 0 Å². The maximum atomic E-state index is 5.62. The van der Waals surface area contributed by atoms with Gasteiger partial charge in [-0.05, 0) is 24.6 Å². The Morgan fingerprint density at radius 2 is 2.11 bits per heavy atom. The zero-order chi connectivity index (χ0) is 12.5. The van der Waals surface area contributed by atoms with Crippen LogP contribution in [-0.2, 0) is 6.54 Å². The van der Waals surface area contributed by atoms with Crippen LogP contribution < -0.4 is 5.73 Å². The van der Waals surface area contributed by atoms with Crippen molar-refractivity contribution in [1.29, 1.82) is 0 Å². The Balaban J connectivity index is 2.10. The number of H-pyrrole nitrogens is 1. The first kappa shape index (κ1) is 10.9. The van der Waals surface area contributed by atoms with Gasteiger partial charge in [0.05, 0.1) is 22.9 Å². The van der Waals surface area contributed by atoms with Crippen molar-refractivity contribution in [1.82, 2.24) is 19.9 Å². The molecular formula is C13H13N5. The fraction of sp³-hybridized carbons (Fsp3) is 0.154. The van der Waals surface area contributed by atoms with Gasteiger partial charge in [-0.25, -0.2) is 9.97 Å². The van der Waals surface area contributed by atoms with Crippen LogP contribution in [0.15, 0.2) is 30.6 Å². The second-order valence-electron chi connectivity index (χ2n) is 4.18. The number of nitrogens with zero attached hydrogens (tertiary/aromatic N) is 3. The van der Waals surface area contributed by atoms with Gasteiger partial charge in [0.1, 0.15) is 5.69 Å². The summed E-state index contributed by atoms with van der Waals surface area (Å²) < 4.78 is 0. The van der Waals surface area contributed by atoms with E-state index < -0.39 is 0 Å². The molecule has 0 saturated heterocycles. The van der Waals surface area contributed by atoms with E-state index in [2.05, 4.69) is 19.9 Å². The van der Waals surface area contributed by atoms with Crippen molar-refractivity contribution in [2.24, 2.45) is 5.73 Å². The number of aryl methyl sites for hydroxylation is 1. The van der Waals surface area contributed by atoms with Crippen LogP contribution in [0.5, 0.6) is 0 Å². The van der Waals surface area contributed by atoms with Crippen LogP contribution in [0, 0.1) is 6.92 Å². The van der Waals surface area contributed by atoms with Gasteiger partial charge in [0, 0.05) is 12.7 Å². The van der Waals surface area contributed by atoms with Gasteiger partial charge in [0.15, 0.2) is 5.82 Å². The summed E-state index contributed by atoms with van der Waals surface area (Å²) in [5, 5.41) is 0. The summed E-state index contributed by atoms with van der Waals surface area (Å²) in [4.78, 5) is 16.2. The molecule has 0 aliphatic rings. The van der Waals surface area contributed by atoms with E-state index in [9.17, 15) is 0 Å². The van der Waals surface area contributed by atoms with E-state index in [1.165, 1.54) is 0 Å². The van der Waals surface area contributed by atoms with Crippen molar-refractivity contribution < 1.29 is 0 Å². The molecule has 5 heteroatoms. The zero-order valence-corrected chi connectivity index (χ0v) is 10.0. The fourth-order valence-corrected chi connectivity index (χ4v) is 1.82. The molecule has 0 bridgehead atoms. The molecule has 18 heavy (non-hydrogen) atoms. The summed E-state index contributed by atoms with van der Waals surface area (Å²) in [5.41, 5.74) is 10.2. The van der Waals surface area contributed by atoms with E-state index >= 15 is 0 Å². The molecule has 0 radical (unpaired) electrons. The highest BCUT2D eigenvalue weighted by molar-refractivity contribution is 5.79. The summed E-state index contributed by atoms with van der Waals surface area (Å²) in [7, 11) is 0. The minimum Gasteiger partial charge on any atom is -0.337 e. The molecule has 2 heterocycles. The van der Waals surface area contributed by atoms with Crippen LogP contribution in [0.2, 0.25) is 0 Å². The van der Waals surface area contributed by atoms with Crippen LogP contribution in [-0.4, -0.2) is 19.9 Å². The normalized spacial score (nSPS) is 11.0. The van der Waals surface area contributed by atoms with E-state index in [0.717, 1.165) is 33.8 Å². The highest BCUT2D eigenvalue weighted by Gasteiger charge is 2.07. The predicted octanol–water partition coefficient (Wildman–Crippen LogP) is 1.79. The molecule has 3 N–H and O–H groups in total. The van der Waals surface area contributed by atoms with Gasteiger partial charge < -0.3 is 10.7 Å². The smallest absolute Gasteiger partial charge is 0.158 e. The first-order valence-electron chi connectivity index (χ1n) is 5.74. The predicted molar refractivity (Wildman–Crippen MR) is 69.7 cm³/mol. The van der Waals surface area contributed by atoms with E-state index in [1.807, 2.05) is 25.1 Å². The average Bonchev–Trinajstić information content (AvgIpc) is 2.82. The SMILES string of the molecule is Cc1cnc(-c2nc3ccc(CN)cc3[nH]2)cn1. The Kier molecular flexibility index (Phi) is 2.53. The van der Waals surface area contributed by atoms with Gasteiger partial charge in [0.25, 0.3) is 0 Å². The van der Waals surface area contributed by atoms with Gasteiger partial charge in [-0.15, -0.1) is 0 Å². The van der Waals surface area contributed by atoms with E-state index in [4.69, 9.17) is 5.73 Å². The molecule has 1 aromatic carbocycles. The number of fused-ring (bicyclic) bond motifs is 1. The monoisotopic (exact) mass is 239 g/mol. The van der Waals surface area contributed by atoms with Crippen molar-refractivity contribution in [3.05, 3.63) is 41.9 Å². The summed E-state index contributed by atoms with van der Waals surface area (Å²) in [6.07, 6.45) is 3.45. The van der Waals surface area contributed by atoms with Crippen molar-refractivity contribution in [3.63, 3.8) is 0 Å². The third-order valence-electron chi connectivity index (χ3n) is 2.81. The lowest BCUT2D eigenvalue weighted by Crippen LogP contribution is -1.95. The van der Waals surface area contributed by atoms with Crippen LogP contribution in [0.4, 0.5) is 0 Å². The molecule has 5 nitrogen and oxygen atoms in total. The molecule has 0 aliphatic heterocycles. The van der Waals surface area contributed by atoms with E-state index in [0.29, 0.717) is 6.54 Å². The second-order valence-corrected chi connectivity index (χ2v) is 4.18. The van der Waals surface area contributed by atoms with Crippen LogP contribution in [0.1, 0.15) is 11.3 Å². The molecule has 0 saturated carbocycles. The number of rotatable bonds is 2. The van der Waals surface area contributed by atoms with Gasteiger partial charge >= 0.3 is 0 Å². The highest BCUT2D eigenvalue weighted by atomic mass is 15.0. The van der Waals surface area contributed by atoms with E-state index in [1.54, 1.807) is 12.4 Å². The quantitative estimate of drug-likeness (QED) is 0.714. The maximum absolute atomic E-state index is 5.62. The summed E-state index contributed by atoms with van der Waals surface area (Å²) >= 11 is 0. The topological polar surface area (TPSA) is 80.5 Å². The van der Waals surface area contributed by atoms with Gasteiger partial charge in [-0.3, -0.25) is 4.98 Å². The number of hydrogen-bond donors (Lipinski definition) is 2. The van der Waals surface area contributed by atoms with Crippen molar-refractivity contribution in [2.45, 2.75) is 13.5 Å². The molecule has 3 rings (SSSR count). The summed E-state index contributed by atoms with van der Waals surface area (Å²) in [5.74, 6) is 0.728. The molecule has 0 amide bonds. The third kappa shape index (κ3) is 1.84. The molecule has 0 atom stereocenters. The highest BCUT2D eigenvalue weighted by Crippen LogP contribution is 2.19. The fourth-order valence-electron chi connectivity index (χ4n) is 1.82. The lowest BCUT2D eigenvalue weighted by atomic mass is 10.2. The number of imidazole rings is 1. The number of nitrogens with two attached hydrogens (primary N) is 1. The van der Waals surface area contributed by atoms with Crippen molar-refractivity contribution >= 4 is 11.0 Å². The maximum Gasteiger partial charge on any atom is 0.158 e. The summed E-state index contributed by atoms with van der Waals surface area (Å²) in [6.45, 7) is 2.43. The molecule has 0 aliphatic carbocycles. The molecule has 2 aromatic heterocycles. The minimum atomic E-state index is 0.522. The Labute approximate surface area is 104 Å². The number of hydrogen-bond acceptors (Lipinski definition) is 4. The summed E-state index contributed by atoms with van der Waals surface area (Å²) in [6, 6.07) is 5.94. The standard InChI is InChI=1S/C13H13N5/c1-8-6-16-12(7-15-8)13-17-10-3-2-9(5-14)4-11(10)18-13/h2-4,6-7H,5,14H2,1H3,(H,17,18). The Morgan fingerprint density at radius 1 is 1.22 bits per heavy atom. The zero-order valence-electron chi connectivity index (χ0n) is 10.0. The number of benzene rings is 1. The Bertz CT molecular complexity index is 684. The number of nitrogens with one attached hydrogen (secondary N) is 1. The number of aromatic amines is 1. The Hall–Kier alpha value is -2.27. The van der Waals surface area contributed by atoms with Crippen LogP contribution in [0.3, 0.4) is 0 Å². The third-order valence-corrected chi connectivity index (χ3v) is 2.81. The molecule has 3 aromatic rings. The molecule has 0 unspecified atom stereocenters. The molecule has 0 fully saturated rings. The van der Waals surface area contributed by atoms with Gasteiger partial charge in [-0.1, -0.05) is 6.07 Å². The average molecular weight is 239 g/mol. The first-order valence-corrected chi connectivity index (χ1v) is 5.74. The second kappa shape index (κ2) is 4.19. The molecule has 90 valence electrons. The van der Waals surface area contributed by atoms with Crippen LogP contribution in [0.25, 0.3) is 22.6 Å². The lowest BCUT2D eigenvalue weighted by Gasteiger charge is -1.95. The van der Waals surface area contributed by atoms with Crippen molar-refractivity contribution in [2.75, 3.05) is 0 Å². The minimum absolute atomic E-state index is 0.522. The van der Waals surface area contributed by atoms with Crippen molar-refractivity contribution in [3.8, 4) is 11.5 Å². The Morgan fingerprint density at radius 3 is 2.83 bits per heavy atom.